The predicted molar refractivity (Wildman–Crippen MR) is 54.0 cm³/mol. The molecule has 0 saturated carbocycles. The number of carbonyl (C=O) groups excluding carboxylic acids is 1. The third kappa shape index (κ3) is 4.03. The Hall–Kier alpha value is -1.34. The molecule has 7 nitrogen and oxygen atoms in total. The van der Waals surface area contributed by atoms with Crippen LogP contribution in [-0.4, -0.2) is 54.1 Å². The Balaban J connectivity index is 2.31. The van der Waals surface area contributed by atoms with Gasteiger partial charge in [0.25, 0.3) is 0 Å². The largest absolute Gasteiger partial charge is 0.480 e. The fourth-order valence-corrected chi connectivity index (χ4v) is 1.43. The van der Waals surface area contributed by atoms with Gasteiger partial charge < -0.3 is 25.6 Å². The Bertz CT molecular complexity index is 252. The summed E-state index contributed by atoms with van der Waals surface area (Å²) in [5.74, 6) is -1.27. The first-order valence-corrected chi connectivity index (χ1v) is 5.12. The highest BCUT2D eigenvalue weighted by Gasteiger charge is 2.21. The molecule has 0 aromatic rings. The number of carbonyl (C=O) groups is 2. The number of ether oxygens (including phenoxy) is 1. The van der Waals surface area contributed by atoms with Crippen molar-refractivity contribution in [3.05, 3.63) is 0 Å². The second kappa shape index (κ2) is 6.29. The Kier molecular flexibility index (Phi) is 5.00. The molecule has 0 aromatic carbocycles. The minimum Gasteiger partial charge on any atom is -0.480 e. The highest BCUT2D eigenvalue weighted by Crippen LogP contribution is 2.05. The van der Waals surface area contributed by atoms with Crippen molar-refractivity contribution in [3.8, 4) is 0 Å². The third-order valence-corrected chi connectivity index (χ3v) is 2.28. The molecular weight excluding hydrogens is 216 g/mol. The summed E-state index contributed by atoms with van der Waals surface area (Å²) in [5.41, 5.74) is 0. The second-order valence-corrected chi connectivity index (χ2v) is 3.61. The molecule has 1 aliphatic rings. The number of hydrogen-bond donors (Lipinski definition) is 4. The molecule has 1 rings (SSSR count). The van der Waals surface area contributed by atoms with E-state index in [4.69, 9.17) is 14.9 Å². The zero-order valence-corrected chi connectivity index (χ0v) is 8.81. The monoisotopic (exact) mass is 232 g/mol. The molecule has 4 N–H and O–H groups in total. The van der Waals surface area contributed by atoms with Gasteiger partial charge in [-0.05, 0) is 12.8 Å². The Morgan fingerprint density at radius 1 is 1.50 bits per heavy atom. The lowest BCUT2D eigenvalue weighted by atomic mass is 10.1. The van der Waals surface area contributed by atoms with Crippen LogP contribution < -0.4 is 10.6 Å². The molecule has 0 radical (unpaired) electrons. The number of rotatable bonds is 4. The van der Waals surface area contributed by atoms with E-state index in [1.807, 2.05) is 0 Å². The Morgan fingerprint density at radius 3 is 2.75 bits per heavy atom. The summed E-state index contributed by atoms with van der Waals surface area (Å²) in [6.07, 6.45) is 1.68. The predicted octanol–water partition coefficient (Wildman–Crippen LogP) is -1.09. The number of carboxylic acid groups (broad SMARTS) is 1. The summed E-state index contributed by atoms with van der Waals surface area (Å²) in [6.45, 7) is 0.488. The number of amides is 2. The molecule has 0 spiro atoms. The van der Waals surface area contributed by atoms with Gasteiger partial charge in [0.2, 0.25) is 0 Å². The van der Waals surface area contributed by atoms with Crippen molar-refractivity contribution in [1.82, 2.24) is 10.6 Å². The van der Waals surface area contributed by atoms with Crippen LogP contribution in [-0.2, 0) is 9.53 Å². The zero-order valence-electron chi connectivity index (χ0n) is 8.81. The van der Waals surface area contributed by atoms with E-state index in [0.29, 0.717) is 13.2 Å². The minimum absolute atomic E-state index is 0.0955. The van der Waals surface area contributed by atoms with Gasteiger partial charge in [0.05, 0.1) is 19.3 Å². The van der Waals surface area contributed by atoms with Crippen molar-refractivity contribution in [2.75, 3.05) is 19.8 Å². The van der Waals surface area contributed by atoms with Crippen LogP contribution in [0, 0.1) is 0 Å². The molecule has 0 bridgehead atoms. The van der Waals surface area contributed by atoms with Crippen LogP contribution in [0.3, 0.4) is 0 Å². The maximum atomic E-state index is 11.3. The molecule has 1 aliphatic heterocycles. The minimum atomic E-state index is -1.27. The van der Waals surface area contributed by atoms with E-state index in [2.05, 4.69) is 10.6 Å². The van der Waals surface area contributed by atoms with E-state index in [1.165, 1.54) is 0 Å². The number of aliphatic hydroxyl groups excluding tert-OH is 1. The number of hydrogen-bond acceptors (Lipinski definition) is 4. The highest BCUT2D eigenvalue weighted by atomic mass is 16.5. The van der Waals surface area contributed by atoms with E-state index >= 15 is 0 Å². The third-order valence-electron chi connectivity index (χ3n) is 2.28. The maximum absolute atomic E-state index is 11.3. The standard InChI is InChI=1S/C9H16N2O5/c12-4-7(8(13)14)11-9(15)10-6-2-1-3-16-5-6/h6-7,12H,1-5H2,(H,13,14)(H2,10,11,15)/t6?,7-/m1/s1. The van der Waals surface area contributed by atoms with E-state index in [0.717, 1.165) is 12.8 Å². The van der Waals surface area contributed by atoms with Crippen LogP contribution in [0.4, 0.5) is 4.79 Å². The van der Waals surface area contributed by atoms with Crippen LogP contribution in [0.25, 0.3) is 0 Å². The lowest BCUT2D eigenvalue weighted by Gasteiger charge is -2.24. The van der Waals surface area contributed by atoms with E-state index < -0.39 is 24.6 Å². The van der Waals surface area contributed by atoms with Gasteiger partial charge in [-0.3, -0.25) is 0 Å². The van der Waals surface area contributed by atoms with Gasteiger partial charge in [0.1, 0.15) is 0 Å². The summed E-state index contributed by atoms with van der Waals surface area (Å²) < 4.78 is 5.15. The zero-order chi connectivity index (χ0) is 12.0. The number of carboxylic acids is 1. The molecule has 1 heterocycles. The summed E-state index contributed by atoms with van der Waals surface area (Å²) in [6, 6.07) is -1.97. The van der Waals surface area contributed by atoms with E-state index in [1.54, 1.807) is 0 Å². The molecular formula is C9H16N2O5. The SMILES string of the molecule is O=C(NC1CCCOC1)N[C@H](CO)C(=O)O. The smallest absolute Gasteiger partial charge is 0.328 e. The topological polar surface area (TPSA) is 108 Å². The fourth-order valence-electron chi connectivity index (χ4n) is 1.43. The molecule has 2 atom stereocenters. The molecule has 16 heavy (non-hydrogen) atoms. The van der Waals surface area contributed by atoms with Gasteiger partial charge in [0.15, 0.2) is 6.04 Å². The first-order chi connectivity index (χ1) is 7.63. The first-order valence-electron chi connectivity index (χ1n) is 5.12. The van der Waals surface area contributed by atoms with Crippen molar-refractivity contribution in [2.24, 2.45) is 0 Å². The van der Waals surface area contributed by atoms with E-state index in [-0.39, 0.29) is 6.04 Å². The summed E-state index contributed by atoms with van der Waals surface area (Å²) in [5, 5.41) is 22.1. The quantitative estimate of drug-likeness (QED) is 0.492. The Morgan fingerprint density at radius 2 is 2.25 bits per heavy atom. The fraction of sp³-hybridized carbons (Fsp3) is 0.778. The van der Waals surface area contributed by atoms with Crippen molar-refractivity contribution in [2.45, 2.75) is 24.9 Å². The number of aliphatic hydroxyl groups is 1. The second-order valence-electron chi connectivity index (χ2n) is 3.61. The van der Waals surface area contributed by atoms with E-state index in [9.17, 15) is 9.59 Å². The van der Waals surface area contributed by atoms with Crippen LogP contribution in [0.5, 0.6) is 0 Å². The average Bonchev–Trinajstić information content (AvgIpc) is 2.27. The molecule has 1 fully saturated rings. The van der Waals surface area contributed by atoms with Gasteiger partial charge in [-0.15, -0.1) is 0 Å². The van der Waals surface area contributed by atoms with Crippen LogP contribution in [0.1, 0.15) is 12.8 Å². The van der Waals surface area contributed by atoms with Gasteiger partial charge in [0, 0.05) is 6.61 Å². The van der Waals surface area contributed by atoms with Crippen LogP contribution >= 0.6 is 0 Å². The number of urea groups is 1. The summed E-state index contributed by atoms with van der Waals surface area (Å²) in [4.78, 5) is 21.9. The normalized spacial score (nSPS) is 22.2. The highest BCUT2D eigenvalue weighted by molar-refractivity contribution is 5.82. The van der Waals surface area contributed by atoms with Gasteiger partial charge >= 0.3 is 12.0 Å². The van der Waals surface area contributed by atoms with Crippen molar-refractivity contribution < 1.29 is 24.5 Å². The maximum Gasteiger partial charge on any atom is 0.328 e. The van der Waals surface area contributed by atoms with Crippen molar-refractivity contribution in [3.63, 3.8) is 0 Å². The summed E-state index contributed by atoms with van der Waals surface area (Å²) in [7, 11) is 0. The van der Waals surface area contributed by atoms with Gasteiger partial charge in [-0.25, -0.2) is 9.59 Å². The van der Waals surface area contributed by atoms with Crippen molar-refractivity contribution in [1.29, 1.82) is 0 Å². The van der Waals surface area contributed by atoms with Gasteiger partial charge in [-0.1, -0.05) is 0 Å². The average molecular weight is 232 g/mol. The number of aliphatic carboxylic acids is 1. The lowest BCUT2D eigenvalue weighted by molar-refractivity contribution is -0.140. The first kappa shape index (κ1) is 12.7. The summed E-state index contributed by atoms with van der Waals surface area (Å²) >= 11 is 0. The number of nitrogens with one attached hydrogen (secondary N) is 2. The Labute approximate surface area is 92.8 Å². The molecule has 1 saturated heterocycles. The molecule has 0 aliphatic carbocycles. The molecule has 2 amide bonds. The molecule has 92 valence electrons. The van der Waals surface area contributed by atoms with Crippen molar-refractivity contribution >= 4 is 12.0 Å². The molecule has 0 aromatic heterocycles. The van der Waals surface area contributed by atoms with Gasteiger partial charge in [-0.2, -0.15) is 0 Å². The van der Waals surface area contributed by atoms with Crippen LogP contribution in [0.2, 0.25) is 0 Å². The molecule has 1 unspecified atom stereocenters. The lowest BCUT2D eigenvalue weighted by Crippen LogP contribution is -2.52. The molecule has 7 heteroatoms. The van der Waals surface area contributed by atoms with Crippen LogP contribution in [0.15, 0.2) is 0 Å².